The van der Waals surface area contributed by atoms with Crippen LogP contribution in [0.3, 0.4) is 0 Å². The first kappa shape index (κ1) is 14.4. The third kappa shape index (κ3) is 2.89. The Hall–Kier alpha value is -2.54. The minimum Gasteiger partial charge on any atom is -0.486 e. The molecule has 0 amide bonds. The first-order valence-electron chi connectivity index (χ1n) is 6.58. The second-order valence-corrected chi connectivity index (χ2v) is 4.97. The van der Waals surface area contributed by atoms with E-state index in [0.717, 1.165) is 11.3 Å². The lowest BCUT2D eigenvalue weighted by atomic mass is 10.1. The van der Waals surface area contributed by atoms with Crippen molar-refractivity contribution < 1.29 is 9.47 Å². The summed E-state index contributed by atoms with van der Waals surface area (Å²) in [6.45, 7) is 2.90. The second-order valence-electron chi connectivity index (χ2n) is 4.59. The van der Waals surface area contributed by atoms with Crippen LogP contribution in [-0.2, 0) is 0 Å². The lowest BCUT2D eigenvalue weighted by Crippen LogP contribution is -2.15. The van der Waals surface area contributed by atoms with Gasteiger partial charge in [-0.2, -0.15) is 10.2 Å². The van der Waals surface area contributed by atoms with Crippen molar-refractivity contribution in [1.29, 1.82) is 0 Å². The van der Waals surface area contributed by atoms with E-state index in [1.807, 2.05) is 25.1 Å². The molecule has 114 valence electrons. The molecule has 0 radical (unpaired) electrons. The van der Waals surface area contributed by atoms with Crippen molar-refractivity contribution in [2.45, 2.75) is 6.92 Å². The number of rotatable bonds is 3. The Morgan fingerprint density at radius 3 is 2.95 bits per heavy atom. The molecule has 0 bridgehead atoms. The van der Waals surface area contributed by atoms with Crippen LogP contribution >= 0.6 is 11.6 Å². The largest absolute Gasteiger partial charge is 0.486 e. The zero-order chi connectivity index (χ0) is 15.5. The molecule has 0 aliphatic carbocycles. The Bertz CT molecular complexity index is 788. The third-order valence-electron chi connectivity index (χ3n) is 3.10. The smallest absolute Gasteiger partial charge is 0.285 e. The van der Waals surface area contributed by atoms with Crippen LogP contribution in [0.25, 0.3) is 0 Å². The normalized spacial score (nSPS) is 13.8. The van der Waals surface area contributed by atoms with Crippen molar-refractivity contribution in [3.05, 3.63) is 45.3 Å². The lowest BCUT2D eigenvalue weighted by molar-refractivity contribution is 0.171. The van der Waals surface area contributed by atoms with E-state index in [1.54, 1.807) is 0 Å². The van der Waals surface area contributed by atoms with Crippen LogP contribution in [0.1, 0.15) is 12.5 Å². The van der Waals surface area contributed by atoms with Crippen LogP contribution in [0.15, 0.2) is 34.3 Å². The van der Waals surface area contributed by atoms with Gasteiger partial charge in [0.1, 0.15) is 23.9 Å². The van der Waals surface area contributed by atoms with Crippen LogP contribution < -0.4 is 20.5 Å². The topological polar surface area (TPSA) is 88.6 Å². The fraction of sp³-hybridized carbons (Fsp3) is 0.214. The number of nitrogens with one attached hydrogen (secondary N) is 2. The van der Waals surface area contributed by atoms with E-state index < -0.39 is 5.56 Å². The van der Waals surface area contributed by atoms with Crippen LogP contribution in [0.5, 0.6) is 11.5 Å². The molecule has 0 atom stereocenters. The number of H-pyrrole nitrogens is 1. The minimum atomic E-state index is -0.473. The molecule has 0 saturated carbocycles. The SMILES string of the molecule is C/C(=N/Nc1cn[nH]c(=O)c1Cl)c1ccc2c(c1)OCCO2. The second kappa shape index (κ2) is 6.07. The number of ether oxygens (including phenoxy) is 2. The Morgan fingerprint density at radius 1 is 1.36 bits per heavy atom. The molecule has 8 heteroatoms. The summed E-state index contributed by atoms with van der Waals surface area (Å²) >= 11 is 5.87. The molecule has 22 heavy (non-hydrogen) atoms. The van der Waals surface area contributed by atoms with E-state index in [4.69, 9.17) is 21.1 Å². The number of benzene rings is 1. The first-order valence-corrected chi connectivity index (χ1v) is 6.96. The van der Waals surface area contributed by atoms with Crippen molar-refractivity contribution >= 4 is 23.0 Å². The summed E-state index contributed by atoms with van der Waals surface area (Å²) in [5, 5.41) is 10.1. The van der Waals surface area contributed by atoms with Crippen molar-refractivity contribution in [3.8, 4) is 11.5 Å². The Kier molecular flexibility index (Phi) is 3.97. The number of nitrogens with zero attached hydrogens (tertiary/aromatic N) is 2. The van der Waals surface area contributed by atoms with Gasteiger partial charge in [0.25, 0.3) is 5.56 Å². The third-order valence-corrected chi connectivity index (χ3v) is 3.47. The molecule has 2 heterocycles. The fourth-order valence-electron chi connectivity index (χ4n) is 1.94. The fourth-order valence-corrected chi connectivity index (χ4v) is 2.07. The van der Waals surface area contributed by atoms with Crippen LogP contribution in [-0.4, -0.2) is 29.1 Å². The predicted octanol–water partition coefficient (Wildman–Crippen LogP) is 2.03. The molecule has 7 nitrogen and oxygen atoms in total. The number of hydrogen-bond donors (Lipinski definition) is 2. The Morgan fingerprint density at radius 2 is 2.14 bits per heavy atom. The summed E-state index contributed by atoms with van der Waals surface area (Å²) in [4.78, 5) is 11.3. The highest BCUT2D eigenvalue weighted by molar-refractivity contribution is 6.32. The van der Waals surface area contributed by atoms with Gasteiger partial charge in [-0.1, -0.05) is 11.6 Å². The van der Waals surface area contributed by atoms with E-state index in [9.17, 15) is 4.79 Å². The predicted molar refractivity (Wildman–Crippen MR) is 83.1 cm³/mol. The van der Waals surface area contributed by atoms with Gasteiger partial charge in [-0.05, 0) is 25.1 Å². The van der Waals surface area contributed by atoms with Gasteiger partial charge in [0.05, 0.1) is 11.9 Å². The Labute approximate surface area is 130 Å². The molecule has 1 aromatic heterocycles. The molecule has 0 fully saturated rings. The zero-order valence-electron chi connectivity index (χ0n) is 11.7. The molecule has 1 aromatic carbocycles. The van der Waals surface area contributed by atoms with Crippen molar-refractivity contribution in [1.82, 2.24) is 10.2 Å². The van der Waals surface area contributed by atoms with Gasteiger partial charge in [0, 0.05) is 5.56 Å². The summed E-state index contributed by atoms with van der Waals surface area (Å²) < 4.78 is 11.0. The van der Waals surface area contributed by atoms with Crippen LogP contribution in [0.2, 0.25) is 5.02 Å². The summed E-state index contributed by atoms with van der Waals surface area (Å²) in [5.41, 5.74) is 4.16. The van der Waals surface area contributed by atoms with Crippen LogP contribution in [0.4, 0.5) is 5.69 Å². The number of hydrogen-bond acceptors (Lipinski definition) is 6. The highest BCUT2D eigenvalue weighted by Crippen LogP contribution is 2.30. The Balaban J connectivity index is 1.82. The zero-order valence-corrected chi connectivity index (χ0v) is 12.5. The maximum Gasteiger partial charge on any atom is 0.285 e. The highest BCUT2D eigenvalue weighted by atomic mass is 35.5. The minimum absolute atomic E-state index is 0.00808. The number of aromatic nitrogens is 2. The number of aromatic amines is 1. The highest BCUT2D eigenvalue weighted by Gasteiger charge is 2.12. The molecule has 2 N–H and O–H groups in total. The van der Waals surface area contributed by atoms with E-state index in [0.29, 0.717) is 30.4 Å². The molecule has 0 saturated heterocycles. The van der Waals surface area contributed by atoms with Crippen molar-refractivity contribution in [2.75, 3.05) is 18.6 Å². The maximum absolute atomic E-state index is 11.3. The van der Waals surface area contributed by atoms with E-state index in [2.05, 4.69) is 20.7 Å². The quantitative estimate of drug-likeness (QED) is 0.667. The van der Waals surface area contributed by atoms with Gasteiger partial charge < -0.3 is 9.47 Å². The number of fused-ring (bicyclic) bond motifs is 1. The van der Waals surface area contributed by atoms with Crippen molar-refractivity contribution in [3.63, 3.8) is 0 Å². The van der Waals surface area contributed by atoms with Gasteiger partial charge in [-0.25, -0.2) is 5.10 Å². The molecular formula is C14H13ClN4O3. The standard InChI is InChI=1S/C14H13ClN4O3/c1-8(17-18-10-7-16-19-14(20)13(10)15)9-2-3-11-12(6-9)22-5-4-21-11/h2-3,6-7H,4-5H2,1H3,(H2,18,19,20)/b17-8-. The van der Waals surface area contributed by atoms with E-state index in [-0.39, 0.29) is 5.02 Å². The monoisotopic (exact) mass is 320 g/mol. The average molecular weight is 321 g/mol. The summed E-state index contributed by atoms with van der Waals surface area (Å²) in [6.07, 6.45) is 1.39. The van der Waals surface area contributed by atoms with Gasteiger partial charge in [0.2, 0.25) is 0 Å². The average Bonchev–Trinajstić information content (AvgIpc) is 2.55. The van der Waals surface area contributed by atoms with Gasteiger partial charge in [-0.3, -0.25) is 10.2 Å². The molecule has 0 spiro atoms. The molecule has 1 aliphatic heterocycles. The molecule has 3 rings (SSSR count). The molecule has 1 aliphatic rings. The molecule has 0 unspecified atom stereocenters. The van der Waals surface area contributed by atoms with Crippen LogP contribution in [0, 0.1) is 0 Å². The number of anilines is 1. The first-order chi connectivity index (χ1) is 10.6. The lowest BCUT2D eigenvalue weighted by Gasteiger charge is -2.18. The van der Waals surface area contributed by atoms with Gasteiger partial charge in [-0.15, -0.1) is 0 Å². The summed E-state index contributed by atoms with van der Waals surface area (Å²) in [6, 6.07) is 5.57. The van der Waals surface area contributed by atoms with E-state index >= 15 is 0 Å². The van der Waals surface area contributed by atoms with Gasteiger partial charge >= 0.3 is 0 Å². The maximum atomic E-state index is 11.3. The molecular weight excluding hydrogens is 308 g/mol. The number of halogens is 1. The van der Waals surface area contributed by atoms with Crippen molar-refractivity contribution in [2.24, 2.45) is 5.10 Å². The number of hydrazone groups is 1. The van der Waals surface area contributed by atoms with E-state index in [1.165, 1.54) is 6.20 Å². The molecule has 2 aromatic rings. The summed E-state index contributed by atoms with van der Waals surface area (Å²) in [5.74, 6) is 1.41. The summed E-state index contributed by atoms with van der Waals surface area (Å²) in [7, 11) is 0. The van der Waals surface area contributed by atoms with Gasteiger partial charge in [0.15, 0.2) is 11.5 Å².